The van der Waals surface area contributed by atoms with Crippen molar-refractivity contribution in [2.75, 3.05) is 0 Å². The number of hydrogen-bond acceptors (Lipinski definition) is 2. The van der Waals surface area contributed by atoms with Gasteiger partial charge in [0.1, 0.15) is 0 Å². The summed E-state index contributed by atoms with van der Waals surface area (Å²) in [6.07, 6.45) is 56.6. The quantitative estimate of drug-likeness (QED) is 0.0478. The van der Waals surface area contributed by atoms with E-state index in [0.717, 1.165) is 57.8 Å². The molecule has 0 aliphatic rings. The molecular weight excluding hydrogens is 671 g/mol. The number of phosphoric ester groups is 1. The van der Waals surface area contributed by atoms with Crippen molar-refractivity contribution in [2.45, 2.75) is 309 Å². The normalized spacial score (nSPS) is 12.3. The highest BCUT2D eigenvalue weighted by Crippen LogP contribution is 2.47. The van der Waals surface area contributed by atoms with Gasteiger partial charge in [0.2, 0.25) is 0 Å². The van der Waals surface area contributed by atoms with E-state index in [1.54, 1.807) is 0 Å². The minimum atomic E-state index is -4.55. The van der Waals surface area contributed by atoms with Crippen LogP contribution in [-0.2, 0) is 9.09 Å². The van der Waals surface area contributed by atoms with Crippen molar-refractivity contribution >= 4 is 7.82 Å². The average molecular weight is 771 g/mol. The lowest BCUT2D eigenvalue weighted by Crippen LogP contribution is -2.32. The third-order valence-electron chi connectivity index (χ3n) is 12.0. The number of unbranched alkanes of at least 4 members (excludes halogenated alkanes) is 38. The second-order valence-corrected chi connectivity index (χ2v) is 18.6. The van der Waals surface area contributed by atoms with E-state index in [2.05, 4.69) is 20.8 Å². The summed E-state index contributed by atoms with van der Waals surface area (Å²) in [4.78, 5) is 20.2. The first-order valence-corrected chi connectivity index (χ1v) is 26.2. The van der Waals surface area contributed by atoms with Gasteiger partial charge in [0.05, 0.1) is 5.60 Å². The Morgan fingerprint density at radius 1 is 0.302 bits per heavy atom. The summed E-state index contributed by atoms with van der Waals surface area (Å²) in [6.45, 7) is 6.86. The fourth-order valence-electron chi connectivity index (χ4n) is 8.51. The Morgan fingerprint density at radius 2 is 0.453 bits per heavy atom. The van der Waals surface area contributed by atoms with Gasteiger partial charge < -0.3 is 9.79 Å². The Bertz CT molecular complexity index is 705. The molecular formula is C48H99O4P. The number of rotatable bonds is 46. The van der Waals surface area contributed by atoms with E-state index >= 15 is 0 Å². The Hall–Kier alpha value is 0.110. The van der Waals surface area contributed by atoms with Crippen LogP contribution in [0.1, 0.15) is 303 Å². The van der Waals surface area contributed by atoms with E-state index in [1.165, 1.54) is 225 Å². The first kappa shape index (κ1) is 53.1. The zero-order chi connectivity index (χ0) is 38.8. The maximum Gasteiger partial charge on any atom is 0.470 e. The molecule has 0 heterocycles. The first-order valence-electron chi connectivity index (χ1n) is 24.7. The Morgan fingerprint density at radius 3 is 0.604 bits per heavy atom. The molecule has 0 aliphatic heterocycles. The van der Waals surface area contributed by atoms with Gasteiger partial charge in [-0.15, -0.1) is 0 Å². The van der Waals surface area contributed by atoms with Crippen LogP contribution in [0.2, 0.25) is 0 Å². The SMILES string of the molecule is CCCCCCCCCCCCCCCCC(CCCCCCCCCCCCCCC)(CCCCCCCCCCCCCCCC)OP(=O)(O)O. The summed E-state index contributed by atoms with van der Waals surface area (Å²) in [5, 5.41) is 0. The maximum absolute atomic E-state index is 12.3. The van der Waals surface area contributed by atoms with E-state index < -0.39 is 13.4 Å². The van der Waals surface area contributed by atoms with Crippen molar-refractivity contribution in [1.29, 1.82) is 0 Å². The predicted molar refractivity (Wildman–Crippen MR) is 236 cm³/mol. The van der Waals surface area contributed by atoms with E-state index in [1.807, 2.05) is 0 Å². The third-order valence-corrected chi connectivity index (χ3v) is 12.6. The van der Waals surface area contributed by atoms with Crippen molar-refractivity contribution in [3.05, 3.63) is 0 Å². The fraction of sp³-hybridized carbons (Fsp3) is 1.00. The summed E-state index contributed by atoms with van der Waals surface area (Å²) in [6, 6.07) is 0. The molecule has 0 atom stereocenters. The van der Waals surface area contributed by atoms with Gasteiger partial charge in [0, 0.05) is 0 Å². The molecule has 0 aromatic carbocycles. The highest BCUT2D eigenvalue weighted by Gasteiger charge is 2.36. The van der Waals surface area contributed by atoms with E-state index in [9.17, 15) is 14.4 Å². The minimum Gasteiger partial charge on any atom is -0.303 e. The molecule has 0 rings (SSSR count). The number of hydrogen-bond donors (Lipinski definition) is 2. The summed E-state index contributed by atoms with van der Waals surface area (Å²) in [7, 11) is -4.55. The molecule has 0 unspecified atom stereocenters. The van der Waals surface area contributed by atoms with E-state index in [-0.39, 0.29) is 0 Å². The second kappa shape index (κ2) is 41.7. The van der Waals surface area contributed by atoms with Gasteiger partial charge in [-0.05, 0) is 19.3 Å². The van der Waals surface area contributed by atoms with Gasteiger partial charge in [-0.25, -0.2) is 4.57 Å². The van der Waals surface area contributed by atoms with E-state index in [4.69, 9.17) is 4.52 Å². The minimum absolute atomic E-state index is 0.662. The van der Waals surface area contributed by atoms with Crippen molar-refractivity contribution < 1.29 is 18.9 Å². The maximum atomic E-state index is 12.3. The van der Waals surface area contributed by atoms with Crippen LogP contribution < -0.4 is 0 Å². The molecule has 0 aliphatic carbocycles. The predicted octanol–water partition coefficient (Wildman–Crippen LogP) is 18.1. The molecule has 0 saturated heterocycles. The second-order valence-electron chi connectivity index (χ2n) is 17.4. The molecule has 2 N–H and O–H groups in total. The first-order chi connectivity index (χ1) is 25.9. The van der Waals surface area contributed by atoms with Crippen LogP contribution in [0, 0.1) is 0 Å². The molecule has 0 fully saturated rings. The van der Waals surface area contributed by atoms with Crippen LogP contribution in [0.3, 0.4) is 0 Å². The summed E-state index contributed by atoms with van der Waals surface area (Å²) in [5.41, 5.74) is -0.662. The standard InChI is InChI=1S/C48H99O4P/c1-4-7-10-13-16-19-22-25-28-31-34-37-40-43-46-48(52-53(49,50)51,45-42-39-36-33-30-27-24-21-18-15-12-9-6-3)47-44-41-38-35-32-29-26-23-20-17-14-11-8-5-2/h4-47H2,1-3H3,(H2,49,50,51). The average Bonchev–Trinajstić information content (AvgIpc) is 3.13. The molecule has 5 heteroatoms. The molecule has 320 valence electrons. The summed E-state index contributed by atoms with van der Waals surface area (Å²) < 4.78 is 18.2. The van der Waals surface area contributed by atoms with Gasteiger partial charge in [-0.1, -0.05) is 284 Å². The zero-order valence-electron chi connectivity index (χ0n) is 36.8. The van der Waals surface area contributed by atoms with Gasteiger partial charge >= 0.3 is 7.82 Å². The van der Waals surface area contributed by atoms with Crippen LogP contribution in [-0.4, -0.2) is 15.4 Å². The third kappa shape index (κ3) is 41.6. The van der Waals surface area contributed by atoms with Crippen LogP contribution in [0.4, 0.5) is 0 Å². The summed E-state index contributed by atoms with van der Waals surface area (Å²) in [5.74, 6) is 0. The topological polar surface area (TPSA) is 66.8 Å². The Labute approximate surface area is 334 Å². The molecule has 0 saturated carbocycles. The van der Waals surface area contributed by atoms with Crippen molar-refractivity contribution in [3.63, 3.8) is 0 Å². The van der Waals surface area contributed by atoms with Crippen LogP contribution in [0.15, 0.2) is 0 Å². The largest absolute Gasteiger partial charge is 0.470 e. The molecule has 0 radical (unpaired) electrons. The highest BCUT2D eigenvalue weighted by molar-refractivity contribution is 7.46. The van der Waals surface area contributed by atoms with E-state index in [0.29, 0.717) is 0 Å². The van der Waals surface area contributed by atoms with Crippen LogP contribution in [0.5, 0.6) is 0 Å². The molecule has 0 bridgehead atoms. The van der Waals surface area contributed by atoms with Gasteiger partial charge in [-0.3, -0.25) is 4.52 Å². The smallest absolute Gasteiger partial charge is 0.303 e. The van der Waals surface area contributed by atoms with Gasteiger partial charge in [0.25, 0.3) is 0 Å². The lowest BCUT2D eigenvalue weighted by Gasteiger charge is -2.34. The van der Waals surface area contributed by atoms with Crippen LogP contribution in [0.25, 0.3) is 0 Å². The lowest BCUT2D eigenvalue weighted by atomic mass is 9.85. The monoisotopic (exact) mass is 771 g/mol. The highest BCUT2D eigenvalue weighted by atomic mass is 31.2. The van der Waals surface area contributed by atoms with Crippen molar-refractivity contribution in [3.8, 4) is 0 Å². The molecule has 0 spiro atoms. The Kier molecular flexibility index (Phi) is 41.8. The van der Waals surface area contributed by atoms with Crippen molar-refractivity contribution in [2.24, 2.45) is 0 Å². The summed E-state index contributed by atoms with van der Waals surface area (Å²) >= 11 is 0. The molecule has 53 heavy (non-hydrogen) atoms. The lowest BCUT2D eigenvalue weighted by molar-refractivity contribution is 0.00533. The molecule has 4 nitrogen and oxygen atoms in total. The van der Waals surface area contributed by atoms with Crippen LogP contribution >= 0.6 is 7.82 Å². The molecule has 0 aromatic rings. The zero-order valence-corrected chi connectivity index (χ0v) is 37.7. The fourth-order valence-corrected chi connectivity index (χ4v) is 9.29. The van der Waals surface area contributed by atoms with Gasteiger partial charge in [-0.2, -0.15) is 0 Å². The number of phosphoric acid groups is 1. The molecule has 0 amide bonds. The van der Waals surface area contributed by atoms with Crippen molar-refractivity contribution in [1.82, 2.24) is 0 Å². The van der Waals surface area contributed by atoms with Gasteiger partial charge in [0.15, 0.2) is 0 Å². The molecule has 0 aromatic heterocycles. The Balaban J connectivity index is 4.57.